The SMILES string of the molecule is Cc1nc(CNC2CC3CCC2C3)c(C)s1. The summed E-state index contributed by atoms with van der Waals surface area (Å²) < 4.78 is 0. The molecule has 0 aliphatic heterocycles. The molecule has 1 N–H and O–H groups in total. The summed E-state index contributed by atoms with van der Waals surface area (Å²) in [6.45, 7) is 5.26. The number of rotatable bonds is 3. The van der Waals surface area contributed by atoms with Gasteiger partial charge in [0.2, 0.25) is 0 Å². The average Bonchev–Trinajstić information content (AvgIpc) is 2.91. The van der Waals surface area contributed by atoms with Gasteiger partial charge >= 0.3 is 0 Å². The largest absolute Gasteiger partial charge is 0.308 e. The van der Waals surface area contributed by atoms with E-state index in [0.29, 0.717) is 0 Å². The van der Waals surface area contributed by atoms with Gasteiger partial charge in [-0.3, -0.25) is 0 Å². The Labute approximate surface area is 101 Å². The number of fused-ring (bicyclic) bond motifs is 2. The first-order valence-electron chi connectivity index (χ1n) is 6.38. The molecule has 0 amide bonds. The highest BCUT2D eigenvalue weighted by Gasteiger charge is 2.39. The first-order valence-corrected chi connectivity index (χ1v) is 7.20. The second kappa shape index (κ2) is 4.11. The highest BCUT2D eigenvalue weighted by atomic mass is 32.1. The number of aromatic nitrogens is 1. The van der Waals surface area contributed by atoms with Gasteiger partial charge < -0.3 is 5.32 Å². The third-order valence-corrected chi connectivity index (χ3v) is 5.20. The van der Waals surface area contributed by atoms with Crippen LogP contribution < -0.4 is 5.32 Å². The van der Waals surface area contributed by atoms with E-state index < -0.39 is 0 Å². The molecule has 0 saturated heterocycles. The van der Waals surface area contributed by atoms with Gasteiger partial charge in [-0.25, -0.2) is 4.98 Å². The van der Waals surface area contributed by atoms with Crippen molar-refractivity contribution in [2.24, 2.45) is 11.8 Å². The fourth-order valence-corrected chi connectivity index (χ4v) is 4.29. The van der Waals surface area contributed by atoms with Crippen LogP contribution in [0.5, 0.6) is 0 Å². The van der Waals surface area contributed by atoms with Gasteiger partial charge in [-0.05, 0) is 44.9 Å². The summed E-state index contributed by atoms with van der Waals surface area (Å²) >= 11 is 1.82. The van der Waals surface area contributed by atoms with Crippen LogP contribution in [0.25, 0.3) is 0 Å². The third kappa shape index (κ3) is 1.91. The number of hydrogen-bond acceptors (Lipinski definition) is 3. The van der Waals surface area contributed by atoms with Crippen molar-refractivity contribution in [1.82, 2.24) is 10.3 Å². The molecule has 2 aliphatic carbocycles. The van der Waals surface area contributed by atoms with E-state index in [1.54, 1.807) is 0 Å². The van der Waals surface area contributed by atoms with Crippen molar-refractivity contribution < 1.29 is 0 Å². The van der Waals surface area contributed by atoms with E-state index in [-0.39, 0.29) is 0 Å². The minimum atomic E-state index is 0.778. The van der Waals surface area contributed by atoms with Crippen LogP contribution in [-0.4, -0.2) is 11.0 Å². The van der Waals surface area contributed by atoms with Gasteiger partial charge in [0.25, 0.3) is 0 Å². The Hall–Kier alpha value is -0.410. The first kappa shape index (κ1) is 10.7. The molecule has 3 atom stereocenters. The van der Waals surface area contributed by atoms with Crippen LogP contribution in [0, 0.1) is 25.7 Å². The Balaban J connectivity index is 1.59. The standard InChI is InChI=1S/C13H20N2S/c1-8-13(15-9(2)16-8)7-14-12-6-10-3-4-11(12)5-10/h10-12,14H,3-7H2,1-2H3. The van der Waals surface area contributed by atoms with E-state index >= 15 is 0 Å². The van der Waals surface area contributed by atoms with Gasteiger partial charge in [-0.15, -0.1) is 11.3 Å². The summed E-state index contributed by atoms with van der Waals surface area (Å²) in [7, 11) is 0. The molecule has 3 unspecified atom stereocenters. The fraction of sp³-hybridized carbons (Fsp3) is 0.769. The predicted molar refractivity (Wildman–Crippen MR) is 67.7 cm³/mol. The average molecular weight is 236 g/mol. The zero-order chi connectivity index (χ0) is 11.1. The Morgan fingerprint density at radius 1 is 1.31 bits per heavy atom. The van der Waals surface area contributed by atoms with Crippen LogP contribution in [0.3, 0.4) is 0 Å². The molecule has 0 spiro atoms. The Morgan fingerprint density at radius 3 is 2.75 bits per heavy atom. The van der Waals surface area contributed by atoms with Gasteiger partial charge in [0.15, 0.2) is 0 Å². The van der Waals surface area contributed by atoms with E-state index in [9.17, 15) is 0 Å². The second-order valence-corrected chi connectivity index (χ2v) is 6.81. The van der Waals surface area contributed by atoms with E-state index in [1.807, 2.05) is 11.3 Å². The minimum Gasteiger partial charge on any atom is -0.308 e. The Kier molecular flexibility index (Phi) is 2.76. The lowest BCUT2D eigenvalue weighted by Gasteiger charge is -2.22. The Morgan fingerprint density at radius 2 is 2.19 bits per heavy atom. The van der Waals surface area contributed by atoms with Crippen LogP contribution in [0.2, 0.25) is 0 Å². The second-order valence-electron chi connectivity index (χ2n) is 5.40. The molecule has 1 heterocycles. The Bertz CT molecular complexity index is 385. The van der Waals surface area contributed by atoms with Crippen LogP contribution in [0.1, 0.15) is 41.3 Å². The van der Waals surface area contributed by atoms with E-state index in [2.05, 4.69) is 24.1 Å². The molecule has 16 heavy (non-hydrogen) atoms. The van der Waals surface area contributed by atoms with Crippen LogP contribution >= 0.6 is 11.3 Å². The molecular formula is C13H20N2S. The zero-order valence-corrected chi connectivity index (χ0v) is 10.9. The summed E-state index contributed by atoms with van der Waals surface area (Å²) in [5.41, 5.74) is 1.27. The summed E-state index contributed by atoms with van der Waals surface area (Å²) in [4.78, 5) is 5.97. The molecule has 2 fully saturated rings. The molecule has 2 saturated carbocycles. The molecule has 0 aromatic carbocycles. The van der Waals surface area contributed by atoms with Gasteiger partial charge in [-0.2, -0.15) is 0 Å². The minimum absolute atomic E-state index is 0.778. The lowest BCUT2D eigenvalue weighted by atomic mass is 9.95. The fourth-order valence-electron chi connectivity index (χ4n) is 3.46. The molecular weight excluding hydrogens is 216 g/mol. The molecule has 0 radical (unpaired) electrons. The molecule has 3 rings (SSSR count). The molecule has 1 aromatic heterocycles. The summed E-state index contributed by atoms with van der Waals surface area (Å²) in [5.74, 6) is 1.99. The molecule has 2 aliphatic rings. The highest BCUT2D eigenvalue weighted by molar-refractivity contribution is 7.11. The molecule has 88 valence electrons. The maximum absolute atomic E-state index is 4.59. The molecule has 3 heteroatoms. The number of hydrogen-bond donors (Lipinski definition) is 1. The van der Waals surface area contributed by atoms with Crippen molar-refractivity contribution in [3.05, 3.63) is 15.6 Å². The van der Waals surface area contributed by atoms with E-state index in [4.69, 9.17) is 0 Å². The molecule has 2 nitrogen and oxygen atoms in total. The van der Waals surface area contributed by atoms with Crippen LogP contribution in [0.4, 0.5) is 0 Å². The quantitative estimate of drug-likeness (QED) is 0.872. The number of nitrogens with zero attached hydrogens (tertiary/aromatic N) is 1. The summed E-state index contributed by atoms with van der Waals surface area (Å²) in [6, 6.07) is 0.778. The number of nitrogens with one attached hydrogen (secondary N) is 1. The maximum atomic E-state index is 4.59. The first-order chi connectivity index (χ1) is 7.72. The van der Waals surface area contributed by atoms with Crippen molar-refractivity contribution in [1.29, 1.82) is 0 Å². The monoisotopic (exact) mass is 236 g/mol. The predicted octanol–water partition coefficient (Wildman–Crippen LogP) is 3.04. The van der Waals surface area contributed by atoms with Crippen molar-refractivity contribution in [3.63, 3.8) is 0 Å². The molecule has 2 bridgehead atoms. The number of aryl methyl sites for hydroxylation is 2. The summed E-state index contributed by atoms with van der Waals surface area (Å²) in [6.07, 6.45) is 5.83. The number of thiazole rings is 1. The smallest absolute Gasteiger partial charge is 0.0900 e. The lowest BCUT2D eigenvalue weighted by molar-refractivity contribution is 0.349. The van der Waals surface area contributed by atoms with Gasteiger partial charge in [0, 0.05) is 17.5 Å². The van der Waals surface area contributed by atoms with Gasteiger partial charge in [0.1, 0.15) is 0 Å². The van der Waals surface area contributed by atoms with Crippen molar-refractivity contribution in [3.8, 4) is 0 Å². The van der Waals surface area contributed by atoms with Crippen molar-refractivity contribution >= 4 is 11.3 Å². The summed E-state index contributed by atoms with van der Waals surface area (Å²) in [5, 5.41) is 4.92. The van der Waals surface area contributed by atoms with Gasteiger partial charge in [-0.1, -0.05) is 6.42 Å². The van der Waals surface area contributed by atoms with E-state index in [1.165, 1.54) is 41.3 Å². The topological polar surface area (TPSA) is 24.9 Å². The highest BCUT2D eigenvalue weighted by Crippen LogP contribution is 2.44. The van der Waals surface area contributed by atoms with E-state index in [0.717, 1.165) is 24.4 Å². The van der Waals surface area contributed by atoms with Crippen LogP contribution in [-0.2, 0) is 6.54 Å². The third-order valence-electron chi connectivity index (χ3n) is 4.27. The normalized spacial score (nSPS) is 32.5. The maximum Gasteiger partial charge on any atom is 0.0900 e. The van der Waals surface area contributed by atoms with Crippen molar-refractivity contribution in [2.45, 2.75) is 52.1 Å². The van der Waals surface area contributed by atoms with Gasteiger partial charge in [0.05, 0.1) is 10.7 Å². The lowest BCUT2D eigenvalue weighted by Crippen LogP contribution is -2.33. The molecule has 1 aromatic rings. The van der Waals surface area contributed by atoms with Crippen LogP contribution in [0.15, 0.2) is 0 Å². The zero-order valence-electron chi connectivity index (χ0n) is 10.1. The van der Waals surface area contributed by atoms with Crippen molar-refractivity contribution in [2.75, 3.05) is 0 Å².